The summed E-state index contributed by atoms with van der Waals surface area (Å²) in [5.41, 5.74) is 5.40. The SMILES string of the molecule is COOCc1ccc2c(C3CCCCC3)cn(CCCc3ccccc3Br)c2c1. The highest BCUT2D eigenvalue weighted by atomic mass is 79.9. The Morgan fingerprint density at radius 3 is 2.69 bits per heavy atom. The van der Waals surface area contributed by atoms with Gasteiger partial charge in [-0.2, -0.15) is 0 Å². The first kappa shape index (κ1) is 20.6. The number of nitrogens with zero attached hydrogens (tertiary/aromatic N) is 1. The second-order valence-electron chi connectivity index (χ2n) is 8.09. The molecule has 0 N–H and O–H groups in total. The van der Waals surface area contributed by atoms with E-state index in [2.05, 4.69) is 69.2 Å². The molecule has 3 nitrogen and oxygen atoms in total. The molecule has 0 amide bonds. The molecule has 1 heterocycles. The van der Waals surface area contributed by atoms with E-state index in [9.17, 15) is 0 Å². The molecule has 1 aliphatic rings. The molecule has 154 valence electrons. The van der Waals surface area contributed by atoms with Crippen molar-refractivity contribution in [3.8, 4) is 0 Å². The third-order valence-corrected chi connectivity index (χ3v) is 6.94. The van der Waals surface area contributed by atoms with E-state index in [-0.39, 0.29) is 0 Å². The van der Waals surface area contributed by atoms with Crippen LogP contribution in [0, 0.1) is 0 Å². The van der Waals surface area contributed by atoms with Crippen LogP contribution in [-0.2, 0) is 29.3 Å². The van der Waals surface area contributed by atoms with Crippen LogP contribution in [-0.4, -0.2) is 11.7 Å². The van der Waals surface area contributed by atoms with Crippen LogP contribution in [0.1, 0.15) is 61.1 Å². The van der Waals surface area contributed by atoms with Gasteiger partial charge in [-0.05, 0) is 60.4 Å². The zero-order valence-corrected chi connectivity index (χ0v) is 18.8. The van der Waals surface area contributed by atoms with Crippen molar-refractivity contribution >= 4 is 26.8 Å². The van der Waals surface area contributed by atoms with Crippen molar-refractivity contribution in [2.75, 3.05) is 7.11 Å². The highest BCUT2D eigenvalue weighted by Crippen LogP contribution is 2.38. The largest absolute Gasteiger partial charge is 0.347 e. The second-order valence-corrected chi connectivity index (χ2v) is 8.94. The summed E-state index contributed by atoms with van der Waals surface area (Å²) in [5, 5.41) is 1.42. The topological polar surface area (TPSA) is 23.4 Å². The molecule has 0 saturated heterocycles. The van der Waals surface area contributed by atoms with E-state index in [1.165, 1.54) is 53.0 Å². The Kier molecular flexibility index (Phi) is 7.06. The Balaban J connectivity index is 1.58. The summed E-state index contributed by atoms with van der Waals surface area (Å²) in [5.74, 6) is 0.705. The van der Waals surface area contributed by atoms with Crippen molar-refractivity contribution in [2.45, 2.75) is 64.0 Å². The third kappa shape index (κ3) is 4.93. The van der Waals surface area contributed by atoms with Gasteiger partial charge in [0.05, 0.1) is 7.11 Å². The maximum absolute atomic E-state index is 5.17. The van der Waals surface area contributed by atoms with Gasteiger partial charge in [0.1, 0.15) is 6.61 Å². The van der Waals surface area contributed by atoms with Crippen molar-refractivity contribution in [3.63, 3.8) is 0 Å². The van der Waals surface area contributed by atoms with Crippen LogP contribution >= 0.6 is 15.9 Å². The van der Waals surface area contributed by atoms with E-state index in [1.54, 1.807) is 12.7 Å². The van der Waals surface area contributed by atoms with Gasteiger partial charge in [-0.1, -0.05) is 65.5 Å². The Morgan fingerprint density at radius 1 is 1.07 bits per heavy atom. The molecule has 1 aromatic heterocycles. The molecular weight excluding hydrogens is 426 g/mol. The van der Waals surface area contributed by atoms with Gasteiger partial charge in [-0.3, -0.25) is 0 Å². The summed E-state index contributed by atoms with van der Waals surface area (Å²) >= 11 is 3.68. The summed E-state index contributed by atoms with van der Waals surface area (Å²) in [7, 11) is 1.56. The lowest BCUT2D eigenvalue weighted by molar-refractivity contribution is -0.282. The third-order valence-electron chi connectivity index (χ3n) is 6.17. The maximum atomic E-state index is 5.17. The zero-order valence-electron chi connectivity index (χ0n) is 17.2. The summed E-state index contributed by atoms with van der Waals surface area (Å²) < 4.78 is 3.67. The van der Waals surface area contributed by atoms with Gasteiger partial charge in [0.15, 0.2) is 0 Å². The molecule has 1 saturated carbocycles. The number of aromatic nitrogens is 1. The number of hydrogen-bond donors (Lipinski definition) is 0. The molecule has 0 unspecified atom stereocenters. The lowest BCUT2D eigenvalue weighted by Crippen LogP contribution is -2.04. The minimum atomic E-state index is 0.480. The van der Waals surface area contributed by atoms with Crippen LogP contribution in [0.15, 0.2) is 53.1 Å². The van der Waals surface area contributed by atoms with Crippen molar-refractivity contribution < 1.29 is 9.78 Å². The summed E-state index contributed by atoms with van der Waals surface area (Å²) in [6.07, 6.45) is 11.4. The Bertz CT molecular complexity index is 943. The molecule has 4 rings (SSSR count). The highest BCUT2D eigenvalue weighted by Gasteiger charge is 2.20. The van der Waals surface area contributed by atoms with Crippen LogP contribution < -0.4 is 0 Å². The van der Waals surface area contributed by atoms with E-state index in [0.29, 0.717) is 12.5 Å². The standard InChI is InChI=1S/C25H30BrNO2/c1-28-29-18-19-13-14-22-23(20-8-3-2-4-9-20)17-27(25(22)16-19)15-7-11-21-10-5-6-12-24(21)26/h5-6,10,12-14,16-17,20H,2-4,7-9,11,15,18H2,1H3. The first-order valence-corrected chi connectivity index (χ1v) is 11.6. The van der Waals surface area contributed by atoms with Gasteiger partial charge >= 0.3 is 0 Å². The fraction of sp³-hybridized carbons (Fsp3) is 0.440. The number of rotatable bonds is 8. The lowest BCUT2D eigenvalue weighted by atomic mass is 9.84. The van der Waals surface area contributed by atoms with Crippen LogP contribution in [0.25, 0.3) is 10.9 Å². The second kappa shape index (κ2) is 9.92. The molecule has 0 spiro atoms. The summed E-state index contributed by atoms with van der Waals surface area (Å²) in [6.45, 7) is 1.51. The number of halogens is 1. The van der Waals surface area contributed by atoms with Gasteiger partial charge in [0.2, 0.25) is 0 Å². The van der Waals surface area contributed by atoms with Gasteiger partial charge in [0.25, 0.3) is 0 Å². The predicted molar refractivity (Wildman–Crippen MR) is 122 cm³/mol. The summed E-state index contributed by atoms with van der Waals surface area (Å²) in [4.78, 5) is 9.97. The normalized spacial score (nSPS) is 15.2. The Morgan fingerprint density at radius 2 is 1.90 bits per heavy atom. The lowest BCUT2D eigenvalue weighted by Gasteiger charge is -2.21. The van der Waals surface area contributed by atoms with E-state index in [4.69, 9.17) is 9.78 Å². The average Bonchev–Trinajstić information content (AvgIpc) is 3.12. The van der Waals surface area contributed by atoms with Gasteiger partial charge in [0, 0.05) is 28.1 Å². The molecule has 0 aliphatic heterocycles. The fourth-order valence-electron chi connectivity index (χ4n) is 4.65. The van der Waals surface area contributed by atoms with Crippen LogP contribution in [0.2, 0.25) is 0 Å². The molecular formula is C25H30BrNO2. The van der Waals surface area contributed by atoms with Crippen molar-refractivity contribution in [2.24, 2.45) is 0 Å². The molecule has 0 bridgehead atoms. The quantitative estimate of drug-likeness (QED) is 0.265. The molecule has 1 aliphatic carbocycles. The first-order valence-electron chi connectivity index (χ1n) is 10.8. The molecule has 3 aromatic rings. The first-order chi connectivity index (χ1) is 14.3. The number of hydrogen-bond acceptors (Lipinski definition) is 2. The number of benzene rings is 2. The molecule has 2 aromatic carbocycles. The number of aryl methyl sites for hydroxylation is 2. The minimum absolute atomic E-state index is 0.480. The molecule has 1 fully saturated rings. The Hall–Kier alpha value is -1.62. The minimum Gasteiger partial charge on any atom is -0.347 e. The summed E-state index contributed by atoms with van der Waals surface area (Å²) in [6, 6.07) is 15.3. The van der Waals surface area contributed by atoms with Crippen molar-refractivity contribution in [3.05, 3.63) is 69.8 Å². The fourth-order valence-corrected chi connectivity index (χ4v) is 5.13. The van der Waals surface area contributed by atoms with E-state index < -0.39 is 0 Å². The molecule has 0 atom stereocenters. The molecule has 4 heteroatoms. The van der Waals surface area contributed by atoms with Gasteiger partial charge < -0.3 is 4.57 Å². The smallest absolute Gasteiger partial charge is 0.107 e. The van der Waals surface area contributed by atoms with Gasteiger partial charge in [-0.15, -0.1) is 0 Å². The zero-order chi connectivity index (χ0) is 20.1. The molecule has 0 radical (unpaired) electrons. The maximum Gasteiger partial charge on any atom is 0.107 e. The molecule has 29 heavy (non-hydrogen) atoms. The van der Waals surface area contributed by atoms with E-state index >= 15 is 0 Å². The average molecular weight is 456 g/mol. The Labute approximate surface area is 182 Å². The predicted octanol–water partition coefficient (Wildman–Crippen LogP) is 7.16. The monoisotopic (exact) mass is 455 g/mol. The van der Waals surface area contributed by atoms with Crippen LogP contribution in [0.4, 0.5) is 0 Å². The van der Waals surface area contributed by atoms with Crippen molar-refractivity contribution in [1.82, 2.24) is 4.57 Å². The number of fused-ring (bicyclic) bond motifs is 1. The van der Waals surface area contributed by atoms with E-state index in [1.807, 2.05) is 0 Å². The highest BCUT2D eigenvalue weighted by molar-refractivity contribution is 9.10. The van der Waals surface area contributed by atoms with Gasteiger partial charge in [-0.25, -0.2) is 9.78 Å². The van der Waals surface area contributed by atoms with E-state index in [0.717, 1.165) is 24.9 Å². The van der Waals surface area contributed by atoms with Crippen LogP contribution in [0.5, 0.6) is 0 Å². The van der Waals surface area contributed by atoms with Crippen molar-refractivity contribution in [1.29, 1.82) is 0 Å². The van der Waals surface area contributed by atoms with Crippen LogP contribution in [0.3, 0.4) is 0 Å².